The number of carbonyl (C=O) groups excluding carboxylic acids is 1. The van der Waals surface area contributed by atoms with Gasteiger partial charge in [-0.3, -0.25) is 4.79 Å². The maximum absolute atomic E-state index is 13.7. The van der Waals surface area contributed by atoms with Crippen molar-refractivity contribution in [1.29, 1.82) is 0 Å². The molecule has 0 spiro atoms. The highest BCUT2D eigenvalue weighted by Gasteiger charge is 2.49. The Hall–Kier alpha value is -1.69. The van der Waals surface area contributed by atoms with E-state index in [1.807, 2.05) is 11.8 Å². The van der Waals surface area contributed by atoms with E-state index in [-0.39, 0.29) is 23.3 Å². The van der Waals surface area contributed by atoms with E-state index >= 15 is 0 Å². The van der Waals surface area contributed by atoms with Crippen LogP contribution in [0.25, 0.3) is 0 Å². The molecule has 1 amide bonds. The molecule has 1 aromatic rings. The summed E-state index contributed by atoms with van der Waals surface area (Å²) in [6.07, 6.45) is 3.70. The molecule has 2 aliphatic heterocycles. The summed E-state index contributed by atoms with van der Waals surface area (Å²) in [5, 5.41) is 0. The van der Waals surface area contributed by atoms with Gasteiger partial charge in [0, 0.05) is 32.3 Å². The Morgan fingerprint density at radius 1 is 1.64 bits per heavy atom. The van der Waals surface area contributed by atoms with Crippen LogP contribution in [0.3, 0.4) is 0 Å². The summed E-state index contributed by atoms with van der Waals surface area (Å²) in [6, 6.07) is 2.86. The summed E-state index contributed by atoms with van der Waals surface area (Å²) in [4.78, 5) is 17.8. The number of carbonyl (C=O) groups is 1. The van der Waals surface area contributed by atoms with Crippen molar-refractivity contribution in [3.63, 3.8) is 0 Å². The number of ether oxygens (including phenoxy) is 2. The lowest BCUT2D eigenvalue weighted by Crippen LogP contribution is -2.54. The van der Waals surface area contributed by atoms with Gasteiger partial charge in [-0.05, 0) is 25.0 Å². The van der Waals surface area contributed by atoms with Crippen LogP contribution in [0.15, 0.2) is 18.3 Å². The Kier molecular flexibility index (Phi) is 4.29. The highest BCUT2D eigenvalue weighted by Crippen LogP contribution is 2.41. The van der Waals surface area contributed by atoms with E-state index in [2.05, 4.69) is 4.98 Å². The Bertz CT molecular complexity index is 554. The van der Waals surface area contributed by atoms with Crippen molar-refractivity contribution >= 4 is 5.91 Å². The Morgan fingerprint density at radius 2 is 2.50 bits per heavy atom. The number of amides is 1. The highest BCUT2D eigenvalue weighted by atomic mass is 19.1. The lowest BCUT2D eigenvalue weighted by atomic mass is 9.77. The van der Waals surface area contributed by atoms with E-state index in [0.29, 0.717) is 26.2 Å². The first-order valence-electron chi connectivity index (χ1n) is 7.77. The van der Waals surface area contributed by atoms with Gasteiger partial charge in [0.2, 0.25) is 11.8 Å². The normalized spacial score (nSPS) is 27.5. The van der Waals surface area contributed by atoms with Crippen LogP contribution in [-0.2, 0) is 9.53 Å². The third-order valence-electron chi connectivity index (χ3n) is 4.65. The molecule has 1 aromatic heterocycles. The Morgan fingerprint density at radius 3 is 3.27 bits per heavy atom. The molecule has 0 radical (unpaired) electrons. The number of hydrogen-bond donors (Lipinski definition) is 0. The number of piperidine rings is 1. The zero-order chi connectivity index (χ0) is 15.6. The molecule has 2 atom stereocenters. The average molecular weight is 308 g/mol. The summed E-state index contributed by atoms with van der Waals surface area (Å²) < 4.78 is 25.1. The minimum absolute atomic E-state index is 0.0152. The first-order valence-corrected chi connectivity index (χ1v) is 7.77. The molecule has 2 aliphatic rings. The topological polar surface area (TPSA) is 51.7 Å². The molecule has 0 aliphatic carbocycles. The fourth-order valence-corrected chi connectivity index (χ4v) is 3.38. The van der Waals surface area contributed by atoms with Crippen LogP contribution in [0.2, 0.25) is 0 Å². The third kappa shape index (κ3) is 2.79. The van der Waals surface area contributed by atoms with Crippen molar-refractivity contribution in [1.82, 2.24) is 9.88 Å². The molecule has 3 heterocycles. The Balaban J connectivity index is 1.73. The van der Waals surface area contributed by atoms with Crippen LogP contribution < -0.4 is 4.74 Å². The second-order valence-electron chi connectivity index (χ2n) is 6.01. The standard InChI is InChI=1S/C16H21FN2O3/c1-2-14(20)19-8-5-13-16(10-19,6-9-21-13)11-22-15-12(17)4-3-7-18-15/h3-4,7,13H,2,5-6,8-11H2,1H3/t13-,16+/m0/s1. The maximum atomic E-state index is 13.7. The molecule has 6 heteroatoms. The van der Waals surface area contributed by atoms with Crippen molar-refractivity contribution in [3.8, 4) is 5.88 Å². The number of aromatic nitrogens is 1. The predicted octanol–water partition coefficient (Wildman–Crippen LogP) is 2.02. The molecule has 120 valence electrons. The van der Waals surface area contributed by atoms with Crippen LogP contribution in [0.4, 0.5) is 4.39 Å². The van der Waals surface area contributed by atoms with Crippen molar-refractivity contribution in [3.05, 3.63) is 24.1 Å². The van der Waals surface area contributed by atoms with Gasteiger partial charge >= 0.3 is 0 Å². The van der Waals surface area contributed by atoms with Gasteiger partial charge < -0.3 is 14.4 Å². The first-order chi connectivity index (χ1) is 10.6. The quantitative estimate of drug-likeness (QED) is 0.854. The van der Waals surface area contributed by atoms with Crippen LogP contribution in [0.5, 0.6) is 5.88 Å². The largest absolute Gasteiger partial charge is 0.475 e. The number of hydrogen-bond acceptors (Lipinski definition) is 4. The van der Waals surface area contributed by atoms with E-state index in [4.69, 9.17) is 9.47 Å². The van der Waals surface area contributed by atoms with Crippen molar-refractivity contribution in [2.45, 2.75) is 32.3 Å². The molecule has 0 saturated carbocycles. The smallest absolute Gasteiger partial charge is 0.250 e. The van der Waals surface area contributed by atoms with E-state index in [0.717, 1.165) is 19.4 Å². The van der Waals surface area contributed by atoms with E-state index in [1.54, 1.807) is 0 Å². The van der Waals surface area contributed by atoms with Crippen molar-refractivity contribution in [2.24, 2.45) is 5.41 Å². The maximum Gasteiger partial charge on any atom is 0.250 e. The summed E-state index contributed by atoms with van der Waals surface area (Å²) >= 11 is 0. The Labute approximate surface area is 129 Å². The fourth-order valence-electron chi connectivity index (χ4n) is 3.38. The van der Waals surface area contributed by atoms with Gasteiger partial charge in [-0.25, -0.2) is 9.37 Å². The number of halogens is 1. The van der Waals surface area contributed by atoms with Crippen LogP contribution in [0, 0.1) is 11.2 Å². The monoisotopic (exact) mass is 308 g/mol. The van der Waals surface area contributed by atoms with Gasteiger partial charge in [0.15, 0.2) is 5.82 Å². The number of fused-ring (bicyclic) bond motifs is 1. The van der Waals surface area contributed by atoms with Gasteiger partial charge in [0.25, 0.3) is 0 Å². The number of nitrogens with zero attached hydrogens (tertiary/aromatic N) is 2. The van der Waals surface area contributed by atoms with E-state index in [1.165, 1.54) is 18.3 Å². The lowest BCUT2D eigenvalue weighted by Gasteiger charge is -2.43. The SMILES string of the molecule is CCC(=O)N1CC[C@@H]2OCC[C@]2(COc2ncccc2F)C1. The molecule has 3 rings (SSSR count). The molecule has 0 N–H and O–H groups in total. The molecule has 0 aromatic carbocycles. The van der Waals surface area contributed by atoms with E-state index in [9.17, 15) is 9.18 Å². The molecule has 5 nitrogen and oxygen atoms in total. The summed E-state index contributed by atoms with van der Waals surface area (Å²) in [5.74, 6) is -0.304. The summed E-state index contributed by atoms with van der Waals surface area (Å²) in [7, 11) is 0. The van der Waals surface area contributed by atoms with Gasteiger partial charge in [0.1, 0.15) is 0 Å². The van der Waals surface area contributed by atoms with Gasteiger partial charge in [-0.2, -0.15) is 0 Å². The number of rotatable bonds is 4. The molecule has 0 bridgehead atoms. The molecule has 2 saturated heterocycles. The number of likely N-dealkylation sites (tertiary alicyclic amines) is 1. The third-order valence-corrected chi connectivity index (χ3v) is 4.65. The summed E-state index contributed by atoms with van der Waals surface area (Å²) in [5.41, 5.74) is -0.257. The lowest BCUT2D eigenvalue weighted by molar-refractivity contribution is -0.138. The predicted molar refractivity (Wildman–Crippen MR) is 78.0 cm³/mol. The minimum Gasteiger partial charge on any atom is -0.475 e. The fraction of sp³-hybridized carbons (Fsp3) is 0.625. The molecular formula is C16H21FN2O3. The van der Waals surface area contributed by atoms with E-state index < -0.39 is 5.82 Å². The van der Waals surface area contributed by atoms with Crippen LogP contribution in [0.1, 0.15) is 26.2 Å². The van der Waals surface area contributed by atoms with Crippen LogP contribution in [-0.4, -0.2) is 48.2 Å². The first kappa shape index (κ1) is 15.2. The van der Waals surface area contributed by atoms with Gasteiger partial charge in [-0.1, -0.05) is 6.92 Å². The van der Waals surface area contributed by atoms with Crippen molar-refractivity contribution in [2.75, 3.05) is 26.3 Å². The second-order valence-corrected chi connectivity index (χ2v) is 6.01. The molecule has 2 fully saturated rings. The minimum atomic E-state index is -0.466. The molecule has 0 unspecified atom stereocenters. The zero-order valence-corrected chi connectivity index (χ0v) is 12.8. The number of pyridine rings is 1. The van der Waals surface area contributed by atoms with Crippen molar-refractivity contribution < 1.29 is 18.7 Å². The zero-order valence-electron chi connectivity index (χ0n) is 12.8. The van der Waals surface area contributed by atoms with Crippen LogP contribution >= 0.6 is 0 Å². The average Bonchev–Trinajstić information content (AvgIpc) is 2.96. The van der Waals surface area contributed by atoms with Gasteiger partial charge in [-0.15, -0.1) is 0 Å². The second kappa shape index (κ2) is 6.20. The highest BCUT2D eigenvalue weighted by molar-refractivity contribution is 5.76. The molecule has 22 heavy (non-hydrogen) atoms. The molecular weight excluding hydrogens is 287 g/mol. The van der Waals surface area contributed by atoms with Gasteiger partial charge in [0.05, 0.1) is 18.1 Å². The summed E-state index contributed by atoms with van der Waals surface area (Å²) in [6.45, 7) is 4.17.